The standard InChI is InChI=1S/Ba.Cu.O.Pm.2H. The van der Waals surface area contributed by atoms with Gasteiger partial charge in [0.2, 0.25) is 0 Å². The van der Waals surface area contributed by atoms with Gasteiger partial charge in [-0.1, -0.05) is 0 Å². The van der Waals surface area contributed by atoms with Crippen LogP contribution in [0.1, 0.15) is 0 Å². The second-order valence-corrected chi connectivity index (χ2v) is 0. The van der Waals surface area contributed by atoms with Crippen molar-refractivity contribution in [3.05, 3.63) is 0 Å². The Morgan fingerprint density at radius 3 is 1.25 bits per heavy atom. The molecule has 0 fully saturated rings. The molecule has 0 spiro atoms. The average Bonchev–Trinajstić information content (AvgIpc) is 1.00. The predicted octanol–water partition coefficient (Wildman–Crippen LogP) is -1.04. The molecule has 0 bridgehead atoms. The van der Waals surface area contributed by atoms with Crippen LogP contribution in [0, 0.1) is 40.4 Å². The fourth-order valence-corrected chi connectivity index (χ4v) is 0. The fraction of sp³-hybridized carbons (Fsp3) is 0. The number of hydrogen-bond donors (Lipinski definition) is 0. The maximum atomic E-state index is 7.81. The molecule has 0 aliphatic heterocycles. The molecule has 0 amide bonds. The number of hydrogen-bond acceptors (Lipinski definition) is 1. The van der Waals surface area contributed by atoms with Crippen molar-refractivity contribution in [3.63, 3.8) is 0 Å². The van der Waals surface area contributed by atoms with E-state index in [-0.39, 0.29) is 89.3 Å². The topological polar surface area (TPSA) is 17.1 Å². The normalized spacial score (nSPS) is 1.50. The summed E-state index contributed by atoms with van der Waals surface area (Å²) in [5, 5.41) is 0. The van der Waals surface area contributed by atoms with Crippen LogP contribution in [0.4, 0.5) is 0 Å². The van der Waals surface area contributed by atoms with Gasteiger partial charge in [-0.2, -0.15) is 0 Å². The first-order chi connectivity index (χ1) is 1.00. The van der Waals surface area contributed by atoms with E-state index in [0.717, 1.165) is 0 Å². The zero-order valence-electron chi connectivity index (χ0n) is 1.16. The molecule has 26 valence electrons. The molecule has 0 aromatic rings. The minimum atomic E-state index is 0. The molecule has 4 heteroatoms. The van der Waals surface area contributed by atoms with Crippen LogP contribution in [-0.2, 0) is 19.8 Å². The van der Waals surface area contributed by atoms with Gasteiger partial charge in [0.1, 0.15) is 0 Å². The Morgan fingerprint density at radius 2 is 1.25 bits per heavy atom. The smallest absolute Gasteiger partial charge is 0 e. The van der Waals surface area contributed by atoms with Gasteiger partial charge >= 0.3 is 68.7 Å². The Morgan fingerprint density at radius 1 is 1.25 bits per heavy atom. The third-order valence-corrected chi connectivity index (χ3v) is 0. The van der Waals surface area contributed by atoms with Gasteiger partial charge in [0, 0.05) is 40.4 Å². The van der Waals surface area contributed by atoms with E-state index in [0.29, 0.717) is 0 Å². The Balaban J connectivity index is -0.00000000500. The van der Waals surface area contributed by atoms with Gasteiger partial charge < -0.3 is 0 Å². The monoisotopic (exact) mass is 364 g/mol. The van der Waals surface area contributed by atoms with Crippen LogP contribution in [0.25, 0.3) is 0 Å². The Hall–Kier alpha value is 3.23. The summed E-state index contributed by atoms with van der Waals surface area (Å²) in [5.41, 5.74) is 0. The van der Waals surface area contributed by atoms with Crippen molar-refractivity contribution < 1.29 is 60.2 Å². The molecule has 0 saturated heterocycles. The molecule has 0 heterocycles. The molecule has 0 rings (SSSR count). The third kappa shape index (κ3) is 8.97. The quantitative estimate of drug-likeness (QED) is 0.503. The van der Waals surface area contributed by atoms with Gasteiger partial charge in [0.25, 0.3) is 0 Å². The van der Waals surface area contributed by atoms with Gasteiger partial charge in [-0.25, -0.2) is 0 Å². The van der Waals surface area contributed by atoms with E-state index in [9.17, 15) is 0 Å². The maximum absolute atomic E-state index is 7.81. The summed E-state index contributed by atoms with van der Waals surface area (Å²) >= 11 is 2.94. The second kappa shape index (κ2) is 16.3. The van der Waals surface area contributed by atoms with E-state index in [1.807, 2.05) is 0 Å². The second-order valence-electron chi connectivity index (χ2n) is 0. The SMILES string of the molecule is [BaH2].[O]=[Cu].[Pm]. The van der Waals surface area contributed by atoms with Crippen LogP contribution in [0.15, 0.2) is 0 Å². The Labute approximate surface area is 106 Å². The van der Waals surface area contributed by atoms with E-state index in [1.165, 1.54) is 0 Å². The first-order valence-corrected chi connectivity index (χ1v) is 0.508. The molecule has 0 aliphatic rings. The molecule has 1 radical (unpaired) electrons. The summed E-state index contributed by atoms with van der Waals surface area (Å²) < 4.78 is 7.81. The summed E-state index contributed by atoms with van der Waals surface area (Å²) in [6.07, 6.45) is 0. The van der Waals surface area contributed by atoms with Crippen molar-refractivity contribution in [2.75, 3.05) is 0 Å². The summed E-state index contributed by atoms with van der Waals surface area (Å²) in [4.78, 5) is 0. The summed E-state index contributed by atoms with van der Waals surface area (Å²) in [7, 11) is 0. The molecule has 1 nitrogen and oxygen atoms in total. The van der Waals surface area contributed by atoms with Crippen molar-refractivity contribution >= 4 is 48.9 Å². The Bertz CT molecular complexity index is 8.00. The fourth-order valence-electron chi connectivity index (χ4n) is 0. The van der Waals surface area contributed by atoms with Gasteiger partial charge in [-0.15, -0.1) is 0 Å². The molecular formula is H2BaCuOPm. The van der Waals surface area contributed by atoms with Crippen molar-refractivity contribution in [3.8, 4) is 0 Å². The van der Waals surface area contributed by atoms with Crippen molar-refractivity contribution in [2.45, 2.75) is 0 Å². The first kappa shape index (κ1) is 15.7. The van der Waals surface area contributed by atoms with Gasteiger partial charge in [0.05, 0.1) is 0 Å². The molecule has 0 aliphatic carbocycles. The summed E-state index contributed by atoms with van der Waals surface area (Å²) in [6.45, 7) is 0. The molecule has 0 saturated carbocycles. The van der Waals surface area contributed by atoms with Crippen LogP contribution in [0.2, 0.25) is 0 Å². The van der Waals surface area contributed by atoms with Gasteiger partial charge in [-0.05, 0) is 0 Å². The number of rotatable bonds is 0. The van der Waals surface area contributed by atoms with Crippen LogP contribution in [0.3, 0.4) is 0 Å². The molecule has 0 N–H and O–H groups in total. The minimum absolute atomic E-state index is 0. The zero-order chi connectivity index (χ0) is 2.00. The first-order valence-electron chi connectivity index (χ1n) is 0.123. The predicted molar refractivity (Wildman–Crippen MR) is 9.23 cm³/mol. The van der Waals surface area contributed by atoms with E-state index in [4.69, 9.17) is 3.83 Å². The molecule has 0 unspecified atom stereocenters. The molecule has 0 atom stereocenters. The van der Waals surface area contributed by atoms with Gasteiger partial charge in [-0.3, -0.25) is 0 Å². The van der Waals surface area contributed by atoms with Crippen LogP contribution in [-0.4, -0.2) is 48.9 Å². The molecule has 0 aromatic carbocycles. The summed E-state index contributed by atoms with van der Waals surface area (Å²) in [6, 6.07) is 0. The van der Waals surface area contributed by atoms with Crippen LogP contribution in [0.5, 0.6) is 0 Å². The Kier molecular flexibility index (Phi) is 64.0. The van der Waals surface area contributed by atoms with Crippen molar-refractivity contribution in [1.82, 2.24) is 0 Å². The van der Waals surface area contributed by atoms with Crippen molar-refractivity contribution in [1.29, 1.82) is 0 Å². The maximum Gasteiger partial charge on any atom is 0 e. The van der Waals surface area contributed by atoms with E-state index < -0.39 is 0 Å². The zero-order valence-corrected chi connectivity index (χ0v) is 4.97. The van der Waals surface area contributed by atoms with E-state index in [2.05, 4.69) is 15.9 Å². The molecular weight excluding hydrogens is 362 g/mol. The largest absolute Gasteiger partial charge is 0 e. The van der Waals surface area contributed by atoms with Crippen LogP contribution >= 0.6 is 0 Å². The average molecular weight is 364 g/mol. The van der Waals surface area contributed by atoms with E-state index in [1.54, 1.807) is 0 Å². The minimum Gasteiger partial charge on any atom is 0 e. The third-order valence-electron chi connectivity index (χ3n) is 0. The van der Waals surface area contributed by atoms with Crippen LogP contribution < -0.4 is 0 Å². The summed E-state index contributed by atoms with van der Waals surface area (Å²) in [5.74, 6) is 0. The molecule has 0 aromatic heterocycles. The van der Waals surface area contributed by atoms with E-state index >= 15 is 0 Å². The van der Waals surface area contributed by atoms with Gasteiger partial charge in [0.15, 0.2) is 0 Å². The molecule has 4 heavy (non-hydrogen) atoms. The van der Waals surface area contributed by atoms with Crippen molar-refractivity contribution in [2.24, 2.45) is 0 Å².